The van der Waals surface area contributed by atoms with Crippen LogP contribution in [0.25, 0.3) is 0 Å². The van der Waals surface area contributed by atoms with Gasteiger partial charge in [0.15, 0.2) is 0 Å². The average Bonchev–Trinajstić information content (AvgIpc) is 2.91. The molecule has 0 aromatic rings. The van der Waals surface area contributed by atoms with E-state index in [-0.39, 0.29) is 0 Å². The van der Waals surface area contributed by atoms with Gasteiger partial charge >= 0.3 is 0 Å². The van der Waals surface area contributed by atoms with Crippen LogP contribution in [-0.4, -0.2) is 31.6 Å². The van der Waals surface area contributed by atoms with E-state index in [4.69, 9.17) is 5.73 Å². The third-order valence-corrected chi connectivity index (χ3v) is 3.71. The zero-order chi connectivity index (χ0) is 11.3. The molecule has 90 valence electrons. The van der Waals surface area contributed by atoms with E-state index < -0.39 is 0 Å². The molecule has 2 heteroatoms. The summed E-state index contributed by atoms with van der Waals surface area (Å²) in [5, 5.41) is 0. The molecule has 1 fully saturated rings. The Balaban J connectivity index is 2.03. The van der Waals surface area contributed by atoms with Gasteiger partial charge in [0.05, 0.1) is 0 Å². The van der Waals surface area contributed by atoms with E-state index in [9.17, 15) is 0 Å². The van der Waals surface area contributed by atoms with Gasteiger partial charge in [-0.25, -0.2) is 0 Å². The zero-order valence-electron chi connectivity index (χ0n) is 10.8. The van der Waals surface area contributed by atoms with Gasteiger partial charge in [0.1, 0.15) is 0 Å². The molecule has 0 spiro atoms. The van der Waals surface area contributed by atoms with Crippen molar-refractivity contribution in [2.24, 2.45) is 17.1 Å². The quantitative estimate of drug-likeness (QED) is 0.670. The first kappa shape index (κ1) is 13.0. The summed E-state index contributed by atoms with van der Waals surface area (Å²) in [7, 11) is 2.21. The number of rotatable bonds is 8. The minimum atomic E-state index is 0.726. The molecule has 2 nitrogen and oxygen atoms in total. The second-order valence-electron chi connectivity index (χ2n) is 5.86. The van der Waals surface area contributed by atoms with Crippen LogP contribution in [0.1, 0.15) is 46.0 Å². The lowest BCUT2D eigenvalue weighted by atomic mass is 9.96. The van der Waals surface area contributed by atoms with Crippen LogP contribution in [0.2, 0.25) is 0 Å². The van der Waals surface area contributed by atoms with E-state index in [0.29, 0.717) is 0 Å². The van der Waals surface area contributed by atoms with Crippen LogP contribution in [0.15, 0.2) is 0 Å². The summed E-state index contributed by atoms with van der Waals surface area (Å²) in [5.74, 6) is 0.838. The number of nitrogens with two attached hydrogens (primary N) is 1. The predicted molar refractivity (Wildman–Crippen MR) is 66.9 cm³/mol. The summed E-state index contributed by atoms with van der Waals surface area (Å²) in [6, 6.07) is 0. The lowest BCUT2D eigenvalue weighted by Crippen LogP contribution is -2.27. The van der Waals surface area contributed by atoms with Gasteiger partial charge in [-0.05, 0) is 63.6 Å². The highest BCUT2D eigenvalue weighted by atomic mass is 15.1. The largest absolute Gasteiger partial charge is 0.330 e. The molecule has 1 rings (SSSR count). The molecular formula is C13H28N2. The molecule has 1 saturated carbocycles. The van der Waals surface area contributed by atoms with Gasteiger partial charge in [-0.3, -0.25) is 0 Å². The molecule has 1 atom stereocenters. The Kier molecular flexibility index (Phi) is 5.07. The molecule has 1 unspecified atom stereocenters. The summed E-state index contributed by atoms with van der Waals surface area (Å²) in [5.41, 5.74) is 6.23. The lowest BCUT2D eigenvalue weighted by Gasteiger charge is -2.22. The predicted octanol–water partition coefficient (Wildman–Crippen LogP) is 2.48. The van der Waals surface area contributed by atoms with Crippen molar-refractivity contribution < 1.29 is 0 Å². The Morgan fingerprint density at radius 3 is 2.60 bits per heavy atom. The maximum atomic E-state index is 5.50. The smallest absolute Gasteiger partial charge is 0.000398 e. The Morgan fingerprint density at radius 2 is 2.07 bits per heavy atom. The van der Waals surface area contributed by atoms with Gasteiger partial charge in [-0.2, -0.15) is 0 Å². The molecule has 0 aromatic heterocycles. The highest BCUT2D eigenvalue weighted by Crippen LogP contribution is 2.49. The molecule has 0 amide bonds. The summed E-state index contributed by atoms with van der Waals surface area (Å²) in [6.07, 6.45) is 6.87. The van der Waals surface area contributed by atoms with E-state index in [1.54, 1.807) is 0 Å². The van der Waals surface area contributed by atoms with Crippen LogP contribution >= 0.6 is 0 Å². The highest BCUT2D eigenvalue weighted by molar-refractivity contribution is 4.88. The molecule has 0 aromatic carbocycles. The SMILES string of the molecule is CC(CCC1(C)CC1)CN(C)CCCN. The van der Waals surface area contributed by atoms with Crippen LogP contribution in [0.4, 0.5) is 0 Å². The van der Waals surface area contributed by atoms with E-state index >= 15 is 0 Å². The van der Waals surface area contributed by atoms with E-state index in [1.807, 2.05) is 0 Å². The highest BCUT2D eigenvalue weighted by Gasteiger charge is 2.36. The Bertz CT molecular complexity index is 175. The molecule has 2 N–H and O–H groups in total. The van der Waals surface area contributed by atoms with Crippen molar-refractivity contribution in [3.05, 3.63) is 0 Å². The number of hydrogen-bond donors (Lipinski definition) is 1. The minimum Gasteiger partial charge on any atom is -0.330 e. The number of hydrogen-bond acceptors (Lipinski definition) is 2. The molecule has 0 radical (unpaired) electrons. The van der Waals surface area contributed by atoms with Crippen molar-refractivity contribution in [2.75, 3.05) is 26.7 Å². The summed E-state index contributed by atoms with van der Waals surface area (Å²) in [6.45, 7) is 8.01. The first-order valence-corrected chi connectivity index (χ1v) is 6.44. The van der Waals surface area contributed by atoms with Crippen LogP contribution in [0.5, 0.6) is 0 Å². The van der Waals surface area contributed by atoms with E-state index in [1.165, 1.54) is 32.2 Å². The Morgan fingerprint density at radius 1 is 1.40 bits per heavy atom. The first-order valence-electron chi connectivity index (χ1n) is 6.44. The van der Waals surface area contributed by atoms with Crippen molar-refractivity contribution >= 4 is 0 Å². The van der Waals surface area contributed by atoms with Crippen molar-refractivity contribution in [3.8, 4) is 0 Å². The molecule has 15 heavy (non-hydrogen) atoms. The Labute approximate surface area is 95.2 Å². The average molecular weight is 212 g/mol. The van der Waals surface area contributed by atoms with Gasteiger partial charge in [-0.15, -0.1) is 0 Å². The summed E-state index contributed by atoms with van der Waals surface area (Å²) >= 11 is 0. The monoisotopic (exact) mass is 212 g/mol. The minimum absolute atomic E-state index is 0.726. The van der Waals surface area contributed by atoms with Crippen molar-refractivity contribution in [2.45, 2.75) is 46.0 Å². The fraction of sp³-hybridized carbons (Fsp3) is 1.00. The molecule has 0 aliphatic heterocycles. The van der Waals surface area contributed by atoms with Gasteiger partial charge in [-0.1, -0.05) is 13.8 Å². The van der Waals surface area contributed by atoms with Gasteiger partial charge in [0.2, 0.25) is 0 Å². The second kappa shape index (κ2) is 5.86. The van der Waals surface area contributed by atoms with Crippen LogP contribution < -0.4 is 5.73 Å². The van der Waals surface area contributed by atoms with Crippen LogP contribution in [0.3, 0.4) is 0 Å². The normalized spacial score (nSPS) is 20.6. The van der Waals surface area contributed by atoms with E-state index in [0.717, 1.165) is 30.8 Å². The fourth-order valence-electron chi connectivity index (χ4n) is 2.13. The second-order valence-corrected chi connectivity index (χ2v) is 5.86. The molecule has 0 bridgehead atoms. The summed E-state index contributed by atoms with van der Waals surface area (Å²) < 4.78 is 0. The summed E-state index contributed by atoms with van der Waals surface area (Å²) in [4.78, 5) is 2.42. The van der Waals surface area contributed by atoms with Crippen molar-refractivity contribution in [1.29, 1.82) is 0 Å². The topological polar surface area (TPSA) is 29.3 Å². The zero-order valence-corrected chi connectivity index (χ0v) is 10.8. The first-order chi connectivity index (χ1) is 7.06. The van der Waals surface area contributed by atoms with Gasteiger partial charge in [0, 0.05) is 6.54 Å². The van der Waals surface area contributed by atoms with Gasteiger partial charge < -0.3 is 10.6 Å². The third kappa shape index (κ3) is 5.53. The molecule has 1 aliphatic rings. The van der Waals surface area contributed by atoms with Crippen LogP contribution in [0, 0.1) is 11.3 Å². The standard InChI is InChI=1S/C13H28N2/c1-12(5-6-13(2)7-8-13)11-15(3)10-4-9-14/h12H,4-11,14H2,1-3H3. The number of nitrogens with zero attached hydrogens (tertiary/aromatic N) is 1. The van der Waals surface area contributed by atoms with Crippen molar-refractivity contribution in [3.63, 3.8) is 0 Å². The third-order valence-electron chi connectivity index (χ3n) is 3.71. The lowest BCUT2D eigenvalue weighted by molar-refractivity contribution is 0.265. The molecule has 0 saturated heterocycles. The maximum Gasteiger partial charge on any atom is 0.000398 e. The maximum absolute atomic E-state index is 5.50. The Hall–Kier alpha value is -0.0800. The molecule has 0 heterocycles. The van der Waals surface area contributed by atoms with Crippen molar-refractivity contribution in [1.82, 2.24) is 4.90 Å². The molecule has 1 aliphatic carbocycles. The fourth-order valence-corrected chi connectivity index (χ4v) is 2.13. The van der Waals surface area contributed by atoms with E-state index in [2.05, 4.69) is 25.8 Å². The van der Waals surface area contributed by atoms with Gasteiger partial charge in [0.25, 0.3) is 0 Å². The van der Waals surface area contributed by atoms with Crippen LogP contribution in [-0.2, 0) is 0 Å². The molecular weight excluding hydrogens is 184 g/mol.